The second kappa shape index (κ2) is 10.6. The summed E-state index contributed by atoms with van der Waals surface area (Å²) in [6.45, 7) is 8.69. The number of aryl methyl sites for hydroxylation is 1. The summed E-state index contributed by atoms with van der Waals surface area (Å²) < 4.78 is 22.1. The predicted molar refractivity (Wildman–Crippen MR) is 126 cm³/mol. The number of benzene rings is 2. The van der Waals surface area contributed by atoms with Crippen molar-refractivity contribution in [3.8, 4) is 22.9 Å². The maximum Gasteiger partial charge on any atom is 0.410 e. The first-order valence-electron chi connectivity index (χ1n) is 11.1. The van der Waals surface area contributed by atoms with Crippen molar-refractivity contribution < 1.29 is 28.5 Å². The first-order chi connectivity index (χ1) is 16.1. The molecule has 180 valence electrons. The van der Waals surface area contributed by atoms with Gasteiger partial charge in [-0.1, -0.05) is 12.1 Å². The Balaban J connectivity index is 1.79. The van der Waals surface area contributed by atoms with E-state index in [9.17, 15) is 14.9 Å². The Morgan fingerprint density at radius 1 is 1.21 bits per heavy atom. The number of amides is 1. The van der Waals surface area contributed by atoms with E-state index >= 15 is 0 Å². The molecule has 1 amide bonds. The van der Waals surface area contributed by atoms with Crippen LogP contribution in [0.5, 0.6) is 5.75 Å². The van der Waals surface area contributed by atoms with E-state index < -0.39 is 11.6 Å². The van der Waals surface area contributed by atoms with Gasteiger partial charge >= 0.3 is 12.1 Å². The van der Waals surface area contributed by atoms with Gasteiger partial charge in [-0.25, -0.2) is 9.59 Å². The molecule has 0 spiro atoms. The summed E-state index contributed by atoms with van der Waals surface area (Å²) in [6, 6.07) is 12.8. The van der Waals surface area contributed by atoms with Crippen LogP contribution in [0.3, 0.4) is 0 Å². The fraction of sp³-hybridized carbons (Fsp3) is 0.423. The lowest BCUT2D eigenvalue weighted by Crippen LogP contribution is -2.49. The molecular formula is C26H30N2O6. The molecule has 1 saturated heterocycles. The number of carbonyl (C=O) groups excluding carboxylic acids is 2. The summed E-state index contributed by atoms with van der Waals surface area (Å²) in [6.07, 6.45) is -0.750. The molecule has 1 aliphatic heterocycles. The number of rotatable bonds is 5. The molecule has 0 N–H and O–H groups in total. The molecule has 0 aliphatic carbocycles. The Morgan fingerprint density at radius 2 is 1.97 bits per heavy atom. The number of esters is 1. The van der Waals surface area contributed by atoms with Crippen molar-refractivity contribution in [2.75, 3.05) is 33.4 Å². The van der Waals surface area contributed by atoms with Crippen molar-refractivity contribution in [3.05, 3.63) is 53.1 Å². The molecule has 0 bridgehead atoms. The standard InChI is InChI=1S/C26H30N2O6/c1-17-6-7-23(20(10-17)14-27)18-11-19(24(29)31-5)13-21(12-18)33-16-22-15-28(8-9-32-22)25(30)34-26(2,3)4/h6-7,10-13,22H,8-9,15-16H2,1-5H3. The van der Waals surface area contributed by atoms with Crippen molar-refractivity contribution in [3.63, 3.8) is 0 Å². The van der Waals surface area contributed by atoms with Gasteiger partial charge in [0.1, 0.15) is 24.1 Å². The second-order valence-corrected chi connectivity index (χ2v) is 9.13. The monoisotopic (exact) mass is 466 g/mol. The topological polar surface area (TPSA) is 98.1 Å². The van der Waals surface area contributed by atoms with Crippen LogP contribution in [0.15, 0.2) is 36.4 Å². The van der Waals surface area contributed by atoms with E-state index in [2.05, 4.69) is 6.07 Å². The van der Waals surface area contributed by atoms with Gasteiger partial charge in [0.2, 0.25) is 0 Å². The van der Waals surface area contributed by atoms with E-state index in [1.165, 1.54) is 7.11 Å². The molecule has 1 atom stereocenters. The molecule has 1 fully saturated rings. The minimum atomic E-state index is -0.579. The summed E-state index contributed by atoms with van der Waals surface area (Å²) in [5.74, 6) is -0.0808. The van der Waals surface area contributed by atoms with Gasteiger partial charge in [0.25, 0.3) is 0 Å². The lowest BCUT2D eigenvalue weighted by molar-refractivity contribution is -0.0557. The molecule has 8 nitrogen and oxygen atoms in total. The molecule has 2 aromatic rings. The average Bonchev–Trinajstić information content (AvgIpc) is 2.81. The number of methoxy groups -OCH3 is 1. The highest BCUT2D eigenvalue weighted by Crippen LogP contribution is 2.30. The number of nitrogens with zero attached hydrogens (tertiary/aromatic N) is 2. The Morgan fingerprint density at radius 3 is 2.65 bits per heavy atom. The van der Waals surface area contributed by atoms with Crippen molar-refractivity contribution >= 4 is 12.1 Å². The predicted octanol–water partition coefficient (Wildman–Crippen LogP) is 4.34. The molecule has 0 aromatic heterocycles. The van der Waals surface area contributed by atoms with Crippen LogP contribution in [0, 0.1) is 18.3 Å². The van der Waals surface area contributed by atoms with E-state index in [1.54, 1.807) is 29.2 Å². The van der Waals surface area contributed by atoms with E-state index in [4.69, 9.17) is 18.9 Å². The minimum absolute atomic E-state index is 0.169. The summed E-state index contributed by atoms with van der Waals surface area (Å²) in [4.78, 5) is 26.3. The highest BCUT2D eigenvalue weighted by atomic mass is 16.6. The molecule has 3 rings (SSSR count). The Hall–Kier alpha value is -3.57. The maximum atomic E-state index is 12.4. The molecule has 2 aromatic carbocycles. The Bertz CT molecular complexity index is 1100. The zero-order valence-electron chi connectivity index (χ0n) is 20.2. The minimum Gasteiger partial charge on any atom is -0.491 e. The highest BCUT2D eigenvalue weighted by molar-refractivity contribution is 5.92. The van der Waals surface area contributed by atoms with Crippen molar-refractivity contribution in [2.45, 2.75) is 39.4 Å². The number of carbonyl (C=O) groups is 2. The van der Waals surface area contributed by atoms with Crippen LogP contribution in [-0.4, -0.2) is 62.1 Å². The van der Waals surface area contributed by atoms with Crippen LogP contribution in [0.4, 0.5) is 4.79 Å². The van der Waals surface area contributed by atoms with Gasteiger partial charge in [-0.05, 0) is 68.7 Å². The highest BCUT2D eigenvalue weighted by Gasteiger charge is 2.28. The largest absolute Gasteiger partial charge is 0.491 e. The van der Waals surface area contributed by atoms with Crippen LogP contribution < -0.4 is 4.74 Å². The molecule has 34 heavy (non-hydrogen) atoms. The number of morpholine rings is 1. The Labute approximate surface area is 200 Å². The van der Waals surface area contributed by atoms with Gasteiger partial charge < -0.3 is 23.8 Å². The van der Waals surface area contributed by atoms with E-state index in [1.807, 2.05) is 39.8 Å². The van der Waals surface area contributed by atoms with Crippen LogP contribution in [0.25, 0.3) is 11.1 Å². The van der Waals surface area contributed by atoms with Gasteiger partial charge in [-0.15, -0.1) is 0 Å². The molecule has 1 heterocycles. The number of nitriles is 1. The smallest absolute Gasteiger partial charge is 0.410 e. The van der Waals surface area contributed by atoms with E-state index in [-0.39, 0.29) is 18.8 Å². The zero-order chi connectivity index (χ0) is 24.9. The normalized spacial score (nSPS) is 15.9. The Kier molecular flexibility index (Phi) is 7.79. The van der Waals surface area contributed by atoms with Crippen LogP contribution in [0.1, 0.15) is 42.3 Å². The molecule has 8 heteroatoms. The lowest BCUT2D eigenvalue weighted by atomic mass is 9.97. The summed E-state index contributed by atoms with van der Waals surface area (Å²) >= 11 is 0. The third-order valence-corrected chi connectivity index (χ3v) is 5.16. The van der Waals surface area contributed by atoms with Gasteiger partial charge in [-0.2, -0.15) is 5.26 Å². The maximum absolute atomic E-state index is 12.4. The molecule has 1 aliphatic rings. The third-order valence-electron chi connectivity index (χ3n) is 5.16. The van der Waals surface area contributed by atoms with Crippen LogP contribution in [0.2, 0.25) is 0 Å². The summed E-state index contributed by atoms with van der Waals surface area (Å²) in [7, 11) is 1.31. The number of hydrogen-bond donors (Lipinski definition) is 0. The lowest BCUT2D eigenvalue weighted by Gasteiger charge is -2.34. The molecule has 0 saturated carbocycles. The fourth-order valence-electron chi connectivity index (χ4n) is 3.58. The van der Waals surface area contributed by atoms with Crippen molar-refractivity contribution in [1.29, 1.82) is 5.26 Å². The van der Waals surface area contributed by atoms with E-state index in [0.717, 1.165) is 5.56 Å². The zero-order valence-corrected chi connectivity index (χ0v) is 20.2. The fourth-order valence-corrected chi connectivity index (χ4v) is 3.58. The van der Waals surface area contributed by atoms with Crippen LogP contribution in [-0.2, 0) is 14.2 Å². The van der Waals surface area contributed by atoms with Crippen LogP contribution >= 0.6 is 0 Å². The first-order valence-corrected chi connectivity index (χ1v) is 11.1. The first kappa shape index (κ1) is 25.1. The quantitative estimate of drug-likeness (QED) is 0.605. The van der Waals surface area contributed by atoms with Gasteiger partial charge in [0.15, 0.2) is 0 Å². The SMILES string of the molecule is COC(=O)c1cc(OCC2CN(C(=O)OC(C)(C)C)CCO2)cc(-c2ccc(C)cc2C#N)c1. The number of ether oxygens (including phenoxy) is 4. The second-order valence-electron chi connectivity index (χ2n) is 9.13. The van der Waals surface area contributed by atoms with Crippen molar-refractivity contribution in [2.24, 2.45) is 0 Å². The molecule has 1 unspecified atom stereocenters. The van der Waals surface area contributed by atoms with Gasteiger partial charge in [0, 0.05) is 6.54 Å². The number of hydrogen-bond acceptors (Lipinski definition) is 7. The average molecular weight is 467 g/mol. The van der Waals surface area contributed by atoms with Crippen molar-refractivity contribution in [1.82, 2.24) is 4.90 Å². The molecule has 0 radical (unpaired) electrons. The molecular weight excluding hydrogens is 436 g/mol. The third kappa shape index (κ3) is 6.49. The van der Waals surface area contributed by atoms with Gasteiger partial charge in [-0.3, -0.25) is 0 Å². The van der Waals surface area contributed by atoms with Gasteiger partial charge in [0.05, 0.1) is 37.5 Å². The summed E-state index contributed by atoms with van der Waals surface area (Å²) in [5.41, 5.74) is 2.54. The van der Waals surface area contributed by atoms with E-state index in [0.29, 0.717) is 47.7 Å². The summed E-state index contributed by atoms with van der Waals surface area (Å²) in [5, 5.41) is 9.58.